The molecule has 0 radical (unpaired) electrons. The Morgan fingerprint density at radius 2 is 1.92 bits per heavy atom. The lowest BCUT2D eigenvalue weighted by Gasteiger charge is -2.11. The molecule has 0 aliphatic rings. The number of pyridine rings is 1. The van der Waals surface area contributed by atoms with Gasteiger partial charge >= 0.3 is 5.97 Å². The molecule has 0 spiro atoms. The van der Waals surface area contributed by atoms with Crippen LogP contribution in [0.25, 0.3) is 16.7 Å². The van der Waals surface area contributed by atoms with E-state index in [0.29, 0.717) is 11.4 Å². The fourth-order valence-corrected chi connectivity index (χ4v) is 3.71. The first-order valence-corrected chi connectivity index (χ1v) is 10.2. The predicted molar refractivity (Wildman–Crippen MR) is 99.9 cm³/mol. The Balaban J connectivity index is 2.29. The largest absolute Gasteiger partial charge is 0.477 e. The molecular weight excluding hydrogens is 352 g/mol. The van der Waals surface area contributed by atoms with Gasteiger partial charge in [-0.25, -0.2) is 18.2 Å². The maximum atomic E-state index is 11.8. The van der Waals surface area contributed by atoms with Crippen molar-refractivity contribution in [3.05, 3.63) is 53.3 Å². The smallest absolute Gasteiger partial charge is 0.354 e. The highest BCUT2D eigenvalue weighted by Gasteiger charge is 2.17. The van der Waals surface area contributed by atoms with Crippen molar-refractivity contribution in [2.24, 2.45) is 0 Å². The Labute approximate surface area is 152 Å². The first kappa shape index (κ1) is 18.1. The molecule has 0 saturated carbocycles. The molecule has 0 aliphatic heterocycles. The van der Waals surface area contributed by atoms with Crippen LogP contribution in [0, 0.1) is 6.92 Å². The van der Waals surface area contributed by atoms with Gasteiger partial charge in [0.05, 0.1) is 10.4 Å². The number of hydrogen-bond donors (Lipinski definition) is 1. The lowest BCUT2D eigenvalue weighted by Crippen LogP contribution is -2.09. The van der Waals surface area contributed by atoms with Gasteiger partial charge in [0.15, 0.2) is 15.5 Å². The summed E-state index contributed by atoms with van der Waals surface area (Å²) in [6.07, 6.45) is 2.84. The van der Waals surface area contributed by atoms with Crippen molar-refractivity contribution in [3.63, 3.8) is 0 Å². The molecule has 7 heteroatoms. The van der Waals surface area contributed by atoms with Gasteiger partial charge in [-0.1, -0.05) is 19.4 Å². The van der Waals surface area contributed by atoms with Crippen molar-refractivity contribution in [1.82, 2.24) is 9.55 Å². The Hall–Kier alpha value is -2.67. The molecule has 3 rings (SSSR count). The molecule has 1 N–H and O–H groups in total. The van der Waals surface area contributed by atoms with Gasteiger partial charge in [-0.3, -0.25) is 4.57 Å². The molecule has 0 unspecified atom stereocenters. The number of fused-ring (bicyclic) bond motifs is 1. The molecule has 0 fully saturated rings. The number of nitrogens with zero attached hydrogens (tertiary/aromatic N) is 2. The average Bonchev–Trinajstić information content (AvgIpc) is 2.92. The Bertz CT molecular complexity index is 1110. The molecule has 0 saturated heterocycles. The van der Waals surface area contributed by atoms with Crippen LogP contribution in [0.1, 0.15) is 35.1 Å². The van der Waals surface area contributed by atoms with Gasteiger partial charge in [0.25, 0.3) is 0 Å². The van der Waals surface area contributed by atoms with Crippen molar-refractivity contribution in [2.45, 2.75) is 31.6 Å². The number of aromatic carboxylic acids is 1. The molecular formula is C19H20N2O4S. The zero-order chi connectivity index (χ0) is 19.1. The molecule has 26 heavy (non-hydrogen) atoms. The summed E-state index contributed by atoms with van der Waals surface area (Å²) < 4.78 is 25.6. The number of carbonyl (C=O) groups is 1. The number of aromatic nitrogens is 2. The second-order valence-corrected chi connectivity index (χ2v) is 8.37. The third kappa shape index (κ3) is 3.22. The Morgan fingerprint density at radius 3 is 2.54 bits per heavy atom. The Kier molecular flexibility index (Phi) is 4.58. The molecule has 2 aromatic heterocycles. The average molecular weight is 372 g/mol. The fraction of sp³-hybridized carbons (Fsp3) is 0.263. The highest BCUT2D eigenvalue weighted by atomic mass is 32.2. The molecule has 136 valence electrons. The first-order chi connectivity index (χ1) is 12.2. The van der Waals surface area contributed by atoms with E-state index in [1.165, 1.54) is 6.26 Å². The summed E-state index contributed by atoms with van der Waals surface area (Å²) in [5, 5.41) is 10.1. The number of carboxylic acid groups (broad SMARTS) is 1. The molecule has 3 aromatic rings. The zero-order valence-electron chi connectivity index (χ0n) is 14.9. The van der Waals surface area contributed by atoms with Crippen molar-refractivity contribution in [2.75, 3.05) is 6.26 Å². The first-order valence-electron chi connectivity index (χ1n) is 8.28. The molecule has 0 aliphatic carbocycles. The van der Waals surface area contributed by atoms with Gasteiger partial charge in [-0.05, 0) is 49.2 Å². The minimum absolute atomic E-state index is 0.0135. The van der Waals surface area contributed by atoms with Crippen molar-refractivity contribution in [3.8, 4) is 5.82 Å². The van der Waals surface area contributed by atoms with E-state index in [2.05, 4.69) is 11.9 Å². The van der Waals surface area contributed by atoms with Gasteiger partial charge < -0.3 is 5.11 Å². The van der Waals surface area contributed by atoms with Gasteiger partial charge in [0, 0.05) is 17.3 Å². The SMILES string of the molecule is CCCc1cc2cc(S(C)(=O)=O)ccc2n1-c1ccc(C)c(C(=O)O)n1. The fourth-order valence-electron chi connectivity index (χ4n) is 3.05. The minimum Gasteiger partial charge on any atom is -0.477 e. The van der Waals surface area contributed by atoms with E-state index in [1.807, 2.05) is 10.6 Å². The number of sulfone groups is 1. The highest BCUT2D eigenvalue weighted by Crippen LogP contribution is 2.27. The quantitative estimate of drug-likeness (QED) is 0.741. The molecule has 0 atom stereocenters. The summed E-state index contributed by atoms with van der Waals surface area (Å²) in [6.45, 7) is 3.76. The summed E-state index contributed by atoms with van der Waals surface area (Å²) in [5.74, 6) is -0.559. The van der Waals surface area contributed by atoms with Crippen LogP contribution in [-0.4, -0.2) is 35.3 Å². The zero-order valence-corrected chi connectivity index (χ0v) is 15.7. The molecule has 1 aromatic carbocycles. The second-order valence-electron chi connectivity index (χ2n) is 6.35. The van der Waals surface area contributed by atoms with E-state index in [-0.39, 0.29) is 10.6 Å². The normalized spacial score (nSPS) is 11.8. The summed E-state index contributed by atoms with van der Waals surface area (Å²) in [4.78, 5) is 16.0. The van der Waals surface area contributed by atoms with Crippen molar-refractivity contribution >= 4 is 26.7 Å². The van der Waals surface area contributed by atoms with Crippen LogP contribution in [0.5, 0.6) is 0 Å². The highest BCUT2D eigenvalue weighted by molar-refractivity contribution is 7.90. The molecule has 0 amide bonds. The molecule has 0 bridgehead atoms. The third-order valence-electron chi connectivity index (χ3n) is 4.30. The summed E-state index contributed by atoms with van der Waals surface area (Å²) in [5.41, 5.74) is 2.36. The topological polar surface area (TPSA) is 89.3 Å². The third-order valence-corrected chi connectivity index (χ3v) is 5.41. The van der Waals surface area contributed by atoms with Gasteiger partial charge in [0.2, 0.25) is 0 Å². The minimum atomic E-state index is -3.30. The van der Waals surface area contributed by atoms with E-state index in [4.69, 9.17) is 0 Å². The monoisotopic (exact) mass is 372 g/mol. The van der Waals surface area contributed by atoms with Crippen LogP contribution in [0.2, 0.25) is 0 Å². The van der Waals surface area contributed by atoms with Crippen LogP contribution in [0.15, 0.2) is 41.3 Å². The van der Waals surface area contributed by atoms with Crippen LogP contribution < -0.4 is 0 Å². The van der Waals surface area contributed by atoms with Gasteiger partial charge in [0.1, 0.15) is 5.82 Å². The van der Waals surface area contributed by atoms with Crippen LogP contribution in [0.4, 0.5) is 0 Å². The predicted octanol–water partition coefficient (Wildman–Crippen LogP) is 3.39. The maximum absolute atomic E-state index is 11.8. The van der Waals surface area contributed by atoms with Crippen LogP contribution in [0.3, 0.4) is 0 Å². The van der Waals surface area contributed by atoms with Crippen LogP contribution in [-0.2, 0) is 16.3 Å². The van der Waals surface area contributed by atoms with Crippen LogP contribution >= 0.6 is 0 Å². The standard InChI is InChI=1S/C19H20N2O4S/c1-4-5-14-10-13-11-15(26(3,24)25)7-8-16(13)21(14)17-9-6-12(2)18(20-17)19(22)23/h6-11H,4-5H2,1-3H3,(H,22,23). The summed E-state index contributed by atoms with van der Waals surface area (Å²) in [7, 11) is -3.30. The van der Waals surface area contributed by atoms with E-state index < -0.39 is 15.8 Å². The summed E-state index contributed by atoms with van der Waals surface area (Å²) in [6, 6.07) is 10.4. The van der Waals surface area contributed by atoms with E-state index >= 15 is 0 Å². The molecule has 2 heterocycles. The maximum Gasteiger partial charge on any atom is 0.354 e. The van der Waals surface area contributed by atoms with E-state index in [1.54, 1.807) is 37.3 Å². The lowest BCUT2D eigenvalue weighted by atomic mass is 10.2. The summed E-state index contributed by atoms with van der Waals surface area (Å²) >= 11 is 0. The van der Waals surface area contributed by atoms with Crippen molar-refractivity contribution < 1.29 is 18.3 Å². The molecule has 6 nitrogen and oxygen atoms in total. The number of aryl methyl sites for hydroxylation is 2. The number of rotatable bonds is 5. The number of carboxylic acids is 1. The lowest BCUT2D eigenvalue weighted by molar-refractivity contribution is 0.0689. The number of benzene rings is 1. The van der Waals surface area contributed by atoms with E-state index in [9.17, 15) is 18.3 Å². The van der Waals surface area contributed by atoms with Crippen molar-refractivity contribution in [1.29, 1.82) is 0 Å². The second kappa shape index (κ2) is 6.57. The number of hydrogen-bond acceptors (Lipinski definition) is 4. The van der Waals surface area contributed by atoms with E-state index in [0.717, 1.165) is 29.4 Å². The Morgan fingerprint density at radius 1 is 1.19 bits per heavy atom. The van der Waals surface area contributed by atoms with Gasteiger partial charge in [-0.2, -0.15) is 0 Å². The van der Waals surface area contributed by atoms with Gasteiger partial charge in [-0.15, -0.1) is 0 Å².